The summed E-state index contributed by atoms with van der Waals surface area (Å²) >= 11 is 0. The van der Waals surface area contributed by atoms with E-state index in [9.17, 15) is 4.79 Å². The van der Waals surface area contributed by atoms with Crippen LogP contribution in [0.5, 0.6) is 0 Å². The quantitative estimate of drug-likeness (QED) is 0.765. The summed E-state index contributed by atoms with van der Waals surface area (Å²) in [6.07, 6.45) is 0.995. The smallest absolute Gasteiger partial charge is 0.239 e. The van der Waals surface area contributed by atoms with Crippen LogP contribution in [-0.4, -0.2) is 44.0 Å². The molecular weight excluding hydrogens is 250 g/mol. The lowest BCUT2D eigenvalue weighted by Gasteiger charge is -2.24. The first-order chi connectivity index (χ1) is 9.47. The first kappa shape index (κ1) is 16.5. The monoisotopic (exact) mass is 277 g/mol. The Morgan fingerprint density at radius 3 is 2.40 bits per heavy atom. The number of nitrogens with one attached hydrogen (secondary N) is 2. The number of benzene rings is 1. The van der Waals surface area contributed by atoms with Crippen LogP contribution in [0.15, 0.2) is 30.3 Å². The van der Waals surface area contributed by atoms with Gasteiger partial charge in [0.1, 0.15) is 0 Å². The van der Waals surface area contributed by atoms with E-state index in [4.69, 9.17) is 0 Å². The molecule has 0 saturated heterocycles. The lowest BCUT2D eigenvalue weighted by Crippen LogP contribution is -2.44. The molecule has 1 aromatic carbocycles. The molecule has 0 aromatic heterocycles. The molecule has 0 radical (unpaired) electrons. The zero-order valence-electron chi connectivity index (χ0n) is 13.0. The molecule has 0 aliphatic rings. The fourth-order valence-electron chi connectivity index (χ4n) is 2.21. The van der Waals surface area contributed by atoms with E-state index in [1.807, 2.05) is 44.4 Å². The third-order valence-corrected chi connectivity index (χ3v) is 2.93. The second-order valence-corrected chi connectivity index (χ2v) is 5.88. The maximum atomic E-state index is 12.0. The minimum absolute atomic E-state index is 0.0429. The molecule has 0 saturated carbocycles. The van der Waals surface area contributed by atoms with Gasteiger partial charge in [-0.1, -0.05) is 32.0 Å². The topological polar surface area (TPSA) is 44.4 Å². The van der Waals surface area contributed by atoms with Gasteiger partial charge in [0.15, 0.2) is 0 Å². The van der Waals surface area contributed by atoms with Gasteiger partial charge in [0.25, 0.3) is 0 Å². The van der Waals surface area contributed by atoms with Crippen LogP contribution in [0.3, 0.4) is 0 Å². The molecule has 4 heteroatoms. The molecule has 1 aromatic rings. The van der Waals surface area contributed by atoms with Crippen molar-refractivity contribution >= 4 is 11.6 Å². The molecule has 0 aliphatic heterocycles. The maximum Gasteiger partial charge on any atom is 0.239 e. The Bertz CT molecular complexity index is 380. The number of nitrogens with zero attached hydrogens (tertiary/aromatic N) is 1. The zero-order chi connectivity index (χ0) is 15.0. The van der Waals surface area contributed by atoms with Crippen LogP contribution >= 0.6 is 0 Å². The van der Waals surface area contributed by atoms with Crippen LogP contribution in [0, 0.1) is 5.92 Å². The van der Waals surface area contributed by atoms with Crippen LogP contribution in [-0.2, 0) is 4.79 Å². The summed E-state index contributed by atoms with van der Waals surface area (Å²) < 4.78 is 0. The highest BCUT2D eigenvalue weighted by Crippen LogP contribution is 2.06. The molecule has 0 bridgehead atoms. The van der Waals surface area contributed by atoms with E-state index < -0.39 is 0 Å². The van der Waals surface area contributed by atoms with Gasteiger partial charge in [-0.05, 0) is 38.6 Å². The van der Waals surface area contributed by atoms with Crippen molar-refractivity contribution in [1.29, 1.82) is 0 Å². The summed E-state index contributed by atoms with van der Waals surface area (Å²) in [4.78, 5) is 14.1. The molecule has 112 valence electrons. The molecule has 0 heterocycles. The summed E-state index contributed by atoms with van der Waals surface area (Å²) in [5.41, 5.74) is 0.968. The molecule has 1 unspecified atom stereocenters. The summed E-state index contributed by atoms with van der Waals surface area (Å²) in [7, 11) is 4.06. The number of hydrogen-bond donors (Lipinski definition) is 2. The standard InChI is InChI=1S/C16H27N3O/c1-13(2)10-15(12-19(3)4)18-16(20)11-17-14-8-6-5-7-9-14/h5-9,13,15,17H,10-12H2,1-4H3,(H,18,20). The van der Waals surface area contributed by atoms with Crippen molar-refractivity contribution in [3.8, 4) is 0 Å². The van der Waals surface area contributed by atoms with E-state index in [0.29, 0.717) is 12.5 Å². The molecule has 2 N–H and O–H groups in total. The van der Waals surface area contributed by atoms with E-state index in [1.165, 1.54) is 0 Å². The van der Waals surface area contributed by atoms with Gasteiger partial charge in [0.05, 0.1) is 6.54 Å². The van der Waals surface area contributed by atoms with Gasteiger partial charge in [-0.2, -0.15) is 0 Å². The van der Waals surface area contributed by atoms with E-state index in [0.717, 1.165) is 18.7 Å². The third kappa shape index (κ3) is 7.14. The Labute approximate surface area is 122 Å². The summed E-state index contributed by atoms with van der Waals surface area (Å²) in [5.74, 6) is 0.615. The molecule has 1 rings (SSSR count). The van der Waals surface area contributed by atoms with Crippen molar-refractivity contribution in [2.45, 2.75) is 26.3 Å². The first-order valence-corrected chi connectivity index (χ1v) is 7.20. The van der Waals surface area contributed by atoms with Gasteiger partial charge < -0.3 is 15.5 Å². The van der Waals surface area contributed by atoms with Crippen molar-refractivity contribution < 1.29 is 4.79 Å². The molecule has 20 heavy (non-hydrogen) atoms. The van der Waals surface area contributed by atoms with E-state index >= 15 is 0 Å². The maximum absolute atomic E-state index is 12.0. The lowest BCUT2D eigenvalue weighted by molar-refractivity contribution is -0.120. The van der Waals surface area contributed by atoms with E-state index in [-0.39, 0.29) is 11.9 Å². The number of amides is 1. The zero-order valence-corrected chi connectivity index (χ0v) is 13.0. The highest BCUT2D eigenvalue weighted by molar-refractivity contribution is 5.80. The number of anilines is 1. The number of carbonyl (C=O) groups excluding carboxylic acids is 1. The largest absolute Gasteiger partial charge is 0.376 e. The predicted octanol–water partition coefficient (Wildman–Crippen LogP) is 2.19. The molecule has 0 spiro atoms. The van der Waals surface area contributed by atoms with Crippen LogP contribution in [0.1, 0.15) is 20.3 Å². The summed E-state index contributed by atoms with van der Waals surface area (Å²) in [6.45, 7) is 5.54. The number of carbonyl (C=O) groups is 1. The number of hydrogen-bond acceptors (Lipinski definition) is 3. The first-order valence-electron chi connectivity index (χ1n) is 7.20. The second kappa shape index (κ2) is 8.59. The van der Waals surface area contributed by atoms with Gasteiger partial charge >= 0.3 is 0 Å². The number of para-hydroxylation sites is 1. The van der Waals surface area contributed by atoms with Gasteiger partial charge in [-0.3, -0.25) is 4.79 Å². The van der Waals surface area contributed by atoms with Crippen molar-refractivity contribution in [2.75, 3.05) is 32.5 Å². The Kier molecular flexibility index (Phi) is 7.09. The predicted molar refractivity (Wildman–Crippen MR) is 84.9 cm³/mol. The fraction of sp³-hybridized carbons (Fsp3) is 0.562. The Morgan fingerprint density at radius 2 is 1.85 bits per heavy atom. The normalized spacial score (nSPS) is 12.5. The molecule has 0 fully saturated rings. The number of rotatable bonds is 8. The molecule has 0 aliphatic carbocycles. The molecular formula is C16H27N3O. The minimum Gasteiger partial charge on any atom is -0.376 e. The van der Waals surface area contributed by atoms with Gasteiger partial charge in [0, 0.05) is 18.3 Å². The highest BCUT2D eigenvalue weighted by atomic mass is 16.2. The highest BCUT2D eigenvalue weighted by Gasteiger charge is 2.14. The lowest BCUT2D eigenvalue weighted by atomic mass is 10.0. The SMILES string of the molecule is CC(C)CC(CN(C)C)NC(=O)CNc1ccccc1. The Morgan fingerprint density at radius 1 is 1.20 bits per heavy atom. The van der Waals surface area contributed by atoms with Crippen molar-refractivity contribution in [2.24, 2.45) is 5.92 Å². The van der Waals surface area contributed by atoms with Crippen LogP contribution in [0.2, 0.25) is 0 Å². The van der Waals surface area contributed by atoms with Gasteiger partial charge in [0.2, 0.25) is 5.91 Å². The minimum atomic E-state index is 0.0429. The average Bonchev–Trinajstić information content (AvgIpc) is 2.36. The van der Waals surface area contributed by atoms with Crippen LogP contribution < -0.4 is 10.6 Å². The molecule has 1 amide bonds. The van der Waals surface area contributed by atoms with Crippen LogP contribution in [0.4, 0.5) is 5.69 Å². The summed E-state index contributed by atoms with van der Waals surface area (Å²) in [6, 6.07) is 9.98. The van der Waals surface area contributed by atoms with E-state index in [1.54, 1.807) is 0 Å². The van der Waals surface area contributed by atoms with Crippen molar-refractivity contribution in [3.63, 3.8) is 0 Å². The fourth-order valence-corrected chi connectivity index (χ4v) is 2.21. The van der Waals surface area contributed by atoms with Gasteiger partial charge in [-0.25, -0.2) is 0 Å². The molecule has 4 nitrogen and oxygen atoms in total. The van der Waals surface area contributed by atoms with Crippen molar-refractivity contribution in [1.82, 2.24) is 10.2 Å². The third-order valence-electron chi connectivity index (χ3n) is 2.93. The second-order valence-electron chi connectivity index (χ2n) is 5.88. The molecule has 1 atom stereocenters. The van der Waals surface area contributed by atoms with Gasteiger partial charge in [-0.15, -0.1) is 0 Å². The van der Waals surface area contributed by atoms with Crippen molar-refractivity contribution in [3.05, 3.63) is 30.3 Å². The Hall–Kier alpha value is -1.55. The van der Waals surface area contributed by atoms with Crippen LogP contribution in [0.25, 0.3) is 0 Å². The number of likely N-dealkylation sites (N-methyl/N-ethyl adjacent to an activating group) is 1. The van der Waals surface area contributed by atoms with E-state index in [2.05, 4.69) is 29.4 Å². The average molecular weight is 277 g/mol. The summed E-state index contributed by atoms with van der Waals surface area (Å²) in [5, 5.41) is 6.24. The Balaban J connectivity index is 2.40.